The first-order chi connectivity index (χ1) is 12.5. The van der Waals surface area contributed by atoms with Crippen LogP contribution in [0.3, 0.4) is 0 Å². The van der Waals surface area contributed by atoms with Gasteiger partial charge < -0.3 is 24.3 Å². The van der Waals surface area contributed by atoms with Crippen molar-refractivity contribution in [3.8, 4) is 11.5 Å². The zero-order valence-electron chi connectivity index (χ0n) is 15.3. The molecule has 2 aliphatic heterocycles. The molecule has 1 N–H and O–H groups in total. The van der Waals surface area contributed by atoms with Crippen LogP contribution in [0.1, 0.15) is 43.2 Å². The van der Waals surface area contributed by atoms with Crippen molar-refractivity contribution in [3.05, 3.63) is 42.0 Å². The third-order valence-electron chi connectivity index (χ3n) is 5.34. The van der Waals surface area contributed by atoms with Gasteiger partial charge in [0.25, 0.3) is 0 Å². The number of nitrogens with one attached hydrogen (secondary N) is 1. The van der Waals surface area contributed by atoms with Crippen molar-refractivity contribution >= 4 is 5.91 Å². The van der Waals surface area contributed by atoms with Crippen molar-refractivity contribution in [3.63, 3.8) is 0 Å². The van der Waals surface area contributed by atoms with E-state index in [1.165, 1.54) is 0 Å². The fourth-order valence-electron chi connectivity index (χ4n) is 3.83. The zero-order chi connectivity index (χ0) is 18.3. The van der Waals surface area contributed by atoms with Gasteiger partial charge in [-0.05, 0) is 31.0 Å². The summed E-state index contributed by atoms with van der Waals surface area (Å²) in [6, 6.07) is 6.17. The molecule has 138 valence electrons. The van der Waals surface area contributed by atoms with Crippen LogP contribution in [0.25, 0.3) is 0 Å². The van der Waals surface area contributed by atoms with Gasteiger partial charge in [-0.15, -0.1) is 0 Å². The number of ether oxygens (including phenoxy) is 2. The van der Waals surface area contributed by atoms with E-state index in [0.29, 0.717) is 6.42 Å². The topological polar surface area (TPSA) is 68.6 Å². The molecular weight excluding hydrogens is 332 g/mol. The number of hydrogen-bond donors (Lipinski definition) is 1. The molecule has 1 saturated heterocycles. The summed E-state index contributed by atoms with van der Waals surface area (Å²) in [6.45, 7) is 2.40. The molecular formula is C19H24N4O3. The molecule has 2 aromatic rings. The maximum atomic E-state index is 12.3. The summed E-state index contributed by atoms with van der Waals surface area (Å²) in [5.74, 6) is 2.63. The van der Waals surface area contributed by atoms with Crippen molar-refractivity contribution < 1.29 is 14.3 Å². The zero-order valence-corrected chi connectivity index (χ0v) is 15.3. The lowest BCUT2D eigenvalue weighted by molar-refractivity contribution is -0.136. The fourth-order valence-corrected chi connectivity index (χ4v) is 3.83. The highest BCUT2D eigenvalue weighted by molar-refractivity contribution is 5.77. The van der Waals surface area contributed by atoms with Gasteiger partial charge in [0.1, 0.15) is 11.9 Å². The summed E-state index contributed by atoms with van der Waals surface area (Å²) in [5.41, 5.74) is 1.13. The van der Waals surface area contributed by atoms with Gasteiger partial charge in [0, 0.05) is 45.0 Å². The number of imidazole rings is 1. The Labute approximate surface area is 152 Å². The summed E-state index contributed by atoms with van der Waals surface area (Å²) >= 11 is 0. The van der Waals surface area contributed by atoms with Crippen LogP contribution in [0.4, 0.5) is 0 Å². The molecule has 0 saturated carbocycles. The minimum atomic E-state index is -0.0901. The molecule has 1 aromatic carbocycles. The van der Waals surface area contributed by atoms with Gasteiger partial charge in [-0.2, -0.15) is 0 Å². The van der Waals surface area contributed by atoms with Crippen LogP contribution in [0.15, 0.2) is 30.6 Å². The lowest BCUT2D eigenvalue weighted by atomic mass is 9.93. The van der Waals surface area contributed by atoms with E-state index in [1.807, 2.05) is 41.9 Å². The van der Waals surface area contributed by atoms with Crippen molar-refractivity contribution in [1.29, 1.82) is 0 Å². The molecule has 1 aromatic heterocycles. The number of benzene rings is 1. The molecule has 0 radical (unpaired) electrons. The number of likely N-dealkylation sites (N-methyl/N-ethyl adjacent to an activating group) is 1. The minimum Gasteiger partial charge on any atom is -0.454 e. The van der Waals surface area contributed by atoms with E-state index in [0.717, 1.165) is 29.3 Å². The first-order valence-corrected chi connectivity index (χ1v) is 8.93. The summed E-state index contributed by atoms with van der Waals surface area (Å²) in [5, 5.41) is 3.70. The normalized spacial score (nSPS) is 23.3. The number of rotatable bonds is 4. The predicted molar refractivity (Wildman–Crippen MR) is 95.9 cm³/mol. The van der Waals surface area contributed by atoms with E-state index in [4.69, 9.17) is 9.47 Å². The maximum Gasteiger partial charge on any atom is 0.231 e. The molecule has 1 amide bonds. The average molecular weight is 356 g/mol. The number of piperidine rings is 1. The molecule has 2 aliphatic rings. The highest BCUT2D eigenvalue weighted by Crippen LogP contribution is 2.35. The van der Waals surface area contributed by atoms with E-state index in [1.54, 1.807) is 6.20 Å². The van der Waals surface area contributed by atoms with Gasteiger partial charge in [-0.25, -0.2) is 4.98 Å². The SMILES string of the molecule is CC(N[C@@H]1CCC(=O)N(C)[C@H]1c1nccn1C)c1ccc2c(c1)OCO2. The smallest absolute Gasteiger partial charge is 0.231 e. The van der Waals surface area contributed by atoms with E-state index < -0.39 is 0 Å². The van der Waals surface area contributed by atoms with Crippen LogP contribution in [0.2, 0.25) is 0 Å². The third-order valence-corrected chi connectivity index (χ3v) is 5.34. The van der Waals surface area contributed by atoms with Crippen LogP contribution in [0.5, 0.6) is 11.5 Å². The molecule has 1 unspecified atom stereocenters. The van der Waals surface area contributed by atoms with Gasteiger partial charge in [0.2, 0.25) is 12.7 Å². The van der Waals surface area contributed by atoms with E-state index >= 15 is 0 Å². The number of aryl methyl sites for hydroxylation is 1. The molecule has 4 rings (SSSR count). The third kappa shape index (κ3) is 2.92. The lowest BCUT2D eigenvalue weighted by Gasteiger charge is -2.40. The number of likely N-dealkylation sites (tertiary alicyclic amines) is 1. The van der Waals surface area contributed by atoms with Crippen LogP contribution in [0, 0.1) is 0 Å². The number of hydrogen-bond acceptors (Lipinski definition) is 5. The van der Waals surface area contributed by atoms with Crippen molar-refractivity contribution in [1.82, 2.24) is 19.8 Å². The molecule has 0 aliphatic carbocycles. The van der Waals surface area contributed by atoms with Gasteiger partial charge in [0.05, 0.1) is 0 Å². The molecule has 1 fully saturated rings. The second-order valence-corrected chi connectivity index (χ2v) is 6.99. The first kappa shape index (κ1) is 16.9. The predicted octanol–water partition coefficient (Wildman–Crippen LogP) is 2.16. The summed E-state index contributed by atoms with van der Waals surface area (Å²) < 4.78 is 12.9. The number of amides is 1. The Kier molecular flexibility index (Phi) is 4.32. The van der Waals surface area contributed by atoms with Crippen LogP contribution in [-0.2, 0) is 11.8 Å². The Balaban J connectivity index is 1.57. The van der Waals surface area contributed by atoms with Crippen LogP contribution in [-0.4, -0.2) is 40.2 Å². The Morgan fingerprint density at radius 3 is 2.85 bits per heavy atom. The number of aromatic nitrogens is 2. The Bertz CT molecular complexity index is 819. The Hall–Kier alpha value is -2.54. The van der Waals surface area contributed by atoms with Crippen molar-refractivity contribution in [2.45, 2.75) is 37.9 Å². The van der Waals surface area contributed by atoms with Crippen LogP contribution >= 0.6 is 0 Å². The standard InChI is InChI=1S/C19H24N4O3/c1-12(13-4-6-15-16(10-13)26-11-25-15)21-14-5-7-17(24)23(3)18(14)19-20-8-9-22(19)2/h4,6,8-10,12,14,18,21H,5,7,11H2,1-3H3/t12?,14-,18-/m1/s1. The maximum absolute atomic E-state index is 12.3. The van der Waals surface area contributed by atoms with Crippen LogP contribution < -0.4 is 14.8 Å². The highest BCUT2D eigenvalue weighted by atomic mass is 16.7. The van der Waals surface area contributed by atoms with Crippen molar-refractivity contribution in [2.75, 3.05) is 13.8 Å². The van der Waals surface area contributed by atoms with Gasteiger partial charge in [0.15, 0.2) is 11.5 Å². The number of carbonyl (C=O) groups is 1. The quantitative estimate of drug-likeness (QED) is 0.909. The molecule has 0 spiro atoms. The van der Waals surface area contributed by atoms with Crippen molar-refractivity contribution in [2.24, 2.45) is 7.05 Å². The minimum absolute atomic E-state index is 0.0901. The average Bonchev–Trinajstić information content (AvgIpc) is 3.26. The monoisotopic (exact) mass is 356 g/mol. The molecule has 26 heavy (non-hydrogen) atoms. The largest absolute Gasteiger partial charge is 0.454 e. The summed E-state index contributed by atoms with van der Waals surface area (Å²) in [4.78, 5) is 18.6. The second-order valence-electron chi connectivity index (χ2n) is 6.99. The summed E-state index contributed by atoms with van der Waals surface area (Å²) in [7, 11) is 3.83. The fraction of sp³-hybridized carbons (Fsp3) is 0.474. The van der Waals surface area contributed by atoms with Gasteiger partial charge in [-0.3, -0.25) is 4.79 Å². The van der Waals surface area contributed by atoms with E-state index in [2.05, 4.69) is 23.3 Å². The molecule has 3 heterocycles. The number of carbonyl (C=O) groups excluding carboxylic acids is 1. The molecule has 0 bridgehead atoms. The first-order valence-electron chi connectivity index (χ1n) is 8.93. The Morgan fingerprint density at radius 1 is 1.27 bits per heavy atom. The molecule has 7 nitrogen and oxygen atoms in total. The molecule has 3 atom stereocenters. The molecule has 7 heteroatoms. The number of nitrogens with zero attached hydrogens (tertiary/aromatic N) is 3. The van der Waals surface area contributed by atoms with Gasteiger partial charge in [-0.1, -0.05) is 6.07 Å². The summed E-state index contributed by atoms with van der Waals surface area (Å²) in [6.07, 6.45) is 5.03. The van der Waals surface area contributed by atoms with E-state index in [-0.39, 0.29) is 30.8 Å². The Morgan fingerprint density at radius 2 is 2.08 bits per heavy atom. The number of fused-ring (bicyclic) bond motifs is 1. The lowest BCUT2D eigenvalue weighted by Crippen LogP contribution is -2.50. The van der Waals surface area contributed by atoms with E-state index in [9.17, 15) is 4.79 Å². The second kappa shape index (κ2) is 6.64. The van der Waals surface area contributed by atoms with Gasteiger partial charge >= 0.3 is 0 Å². The highest BCUT2D eigenvalue weighted by Gasteiger charge is 2.37.